The van der Waals surface area contributed by atoms with Gasteiger partial charge < -0.3 is 9.30 Å². The lowest BCUT2D eigenvalue weighted by molar-refractivity contribution is 0.0421. The first-order chi connectivity index (χ1) is 11.0. The molecule has 1 aromatic heterocycles. The summed E-state index contributed by atoms with van der Waals surface area (Å²) in [6, 6.07) is 11.1. The molecule has 0 radical (unpaired) electrons. The third-order valence-electron chi connectivity index (χ3n) is 3.95. The van der Waals surface area contributed by atoms with Gasteiger partial charge in [-0.2, -0.15) is 5.26 Å². The molecule has 2 heterocycles. The van der Waals surface area contributed by atoms with E-state index in [4.69, 9.17) is 10.00 Å². The van der Waals surface area contributed by atoms with Crippen molar-refractivity contribution in [2.24, 2.45) is 0 Å². The van der Waals surface area contributed by atoms with E-state index in [0.29, 0.717) is 11.4 Å². The van der Waals surface area contributed by atoms with E-state index in [1.165, 1.54) is 0 Å². The molecule has 5 nitrogen and oxygen atoms in total. The van der Waals surface area contributed by atoms with Crippen molar-refractivity contribution in [2.45, 2.75) is 26.0 Å². The molecule has 0 fully saturated rings. The Hall–Kier alpha value is -2.81. The van der Waals surface area contributed by atoms with Crippen LogP contribution in [0.25, 0.3) is 11.3 Å². The van der Waals surface area contributed by atoms with E-state index in [-0.39, 0.29) is 6.54 Å². The number of nitrogens with zero attached hydrogens (tertiary/aromatic N) is 2. The number of hydrogen-bond acceptors (Lipinski definition) is 3. The van der Waals surface area contributed by atoms with E-state index >= 15 is 0 Å². The molecule has 1 aromatic carbocycles. The van der Waals surface area contributed by atoms with Gasteiger partial charge in [0.2, 0.25) is 0 Å². The van der Waals surface area contributed by atoms with Crippen LogP contribution in [0.15, 0.2) is 30.3 Å². The predicted octanol–water partition coefficient (Wildman–Crippen LogP) is 3.79. The van der Waals surface area contributed by atoms with Crippen LogP contribution in [0.4, 0.5) is 14.9 Å². The maximum atomic E-state index is 12.8. The summed E-state index contributed by atoms with van der Waals surface area (Å²) < 4.78 is 19.8. The van der Waals surface area contributed by atoms with Crippen LogP contribution in [0, 0.1) is 11.3 Å². The van der Waals surface area contributed by atoms with Crippen LogP contribution in [0.3, 0.4) is 0 Å². The Labute approximate surface area is 133 Å². The van der Waals surface area contributed by atoms with Gasteiger partial charge >= 0.3 is 6.09 Å². The molecule has 23 heavy (non-hydrogen) atoms. The maximum Gasteiger partial charge on any atom is 0.412 e. The van der Waals surface area contributed by atoms with Crippen LogP contribution >= 0.6 is 0 Å². The van der Waals surface area contributed by atoms with Gasteiger partial charge in [-0.25, -0.2) is 9.18 Å². The highest BCUT2D eigenvalue weighted by Gasteiger charge is 2.33. The zero-order valence-corrected chi connectivity index (χ0v) is 12.9. The van der Waals surface area contributed by atoms with Gasteiger partial charge in [0, 0.05) is 11.3 Å². The minimum absolute atomic E-state index is 0.124. The third kappa shape index (κ3) is 2.55. The number of amides is 1. The number of nitriles is 1. The molecule has 1 aliphatic rings. The van der Waals surface area contributed by atoms with Crippen LogP contribution in [0.5, 0.6) is 0 Å². The van der Waals surface area contributed by atoms with Gasteiger partial charge in [0.15, 0.2) is 0 Å². The first kappa shape index (κ1) is 15.1. The average Bonchev–Trinajstić information content (AvgIpc) is 2.89. The van der Waals surface area contributed by atoms with Crippen LogP contribution in [0.1, 0.15) is 25.1 Å². The quantitative estimate of drug-likeness (QED) is 0.937. The van der Waals surface area contributed by atoms with Gasteiger partial charge in [-0.1, -0.05) is 6.07 Å². The lowest BCUT2D eigenvalue weighted by Gasteiger charge is -2.32. The van der Waals surface area contributed by atoms with Crippen LogP contribution in [-0.4, -0.2) is 17.3 Å². The number of halogens is 1. The van der Waals surface area contributed by atoms with E-state index in [2.05, 4.69) is 11.4 Å². The number of hydrogen-bond donors (Lipinski definition) is 1. The summed E-state index contributed by atoms with van der Waals surface area (Å²) >= 11 is 0. The summed E-state index contributed by atoms with van der Waals surface area (Å²) in [6.45, 7) is 3.20. The number of ether oxygens (including phenoxy) is 1. The fourth-order valence-corrected chi connectivity index (χ4v) is 2.88. The molecule has 1 aliphatic heterocycles. The number of aromatic nitrogens is 1. The SMILES string of the molecule is CC1(C)OC(=O)Nc2ccc(-c3ccc(C#N)n3CCF)cc21. The van der Waals surface area contributed by atoms with E-state index in [1.54, 1.807) is 22.8 Å². The van der Waals surface area contributed by atoms with Crippen molar-refractivity contribution in [3.05, 3.63) is 41.6 Å². The topological polar surface area (TPSA) is 67.0 Å². The predicted molar refractivity (Wildman–Crippen MR) is 83.7 cm³/mol. The lowest BCUT2D eigenvalue weighted by atomic mass is 9.92. The van der Waals surface area contributed by atoms with Gasteiger partial charge in [-0.05, 0) is 43.7 Å². The third-order valence-corrected chi connectivity index (χ3v) is 3.95. The van der Waals surface area contributed by atoms with Crippen LogP contribution in [0.2, 0.25) is 0 Å². The highest BCUT2D eigenvalue weighted by Crippen LogP contribution is 2.38. The van der Waals surface area contributed by atoms with Crippen molar-refractivity contribution in [3.8, 4) is 17.3 Å². The van der Waals surface area contributed by atoms with Crippen molar-refractivity contribution >= 4 is 11.8 Å². The Morgan fingerprint density at radius 3 is 2.83 bits per heavy atom. The highest BCUT2D eigenvalue weighted by molar-refractivity contribution is 5.89. The first-order valence-corrected chi connectivity index (χ1v) is 7.27. The molecule has 0 spiro atoms. The second-order valence-electron chi connectivity index (χ2n) is 5.84. The first-order valence-electron chi connectivity index (χ1n) is 7.27. The number of carbonyl (C=O) groups is 1. The van der Waals surface area contributed by atoms with Crippen molar-refractivity contribution < 1.29 is 13.9 Å². The average molecular weight is 313 g/mol. The normalized spacial score (nSPS) is 15.3. The summed E-state index contributed by atoms with van der Waals surface area (Å²) in [5, 5.41) is 11.8. The Morgan fingerprint density at radius 1 is 1.35 bits per heavy atom. The monoisotopic (exact) mass is 313 g/mol. The molecule has 0 unspecified atom stereocenters. The number of benzene rings is 1. The van der Waals surface area contributed by atoms with Gasteiger partial charge in [-0.15, -0.1) is 0 Å². The number of carbonyl (C=O) groups excluding carboxylic acids is 1. The minimum atomic E-state index is -0.761. The highest BCUT2D eigenvalue weighted by atomic mass is 19.1. The van der Waals surface area contributed by atoms with Crippen LogP contribution < -0.4 is 5.32 Å². The number of alkyl halides is 1. The second-order valence-corrected chi connectivity index (χ2v) is 5.84. The number of cyclic esters (lactones) is 1. The molecule has 0 saturated carbocycles. The van der Waals surface area contributed by atoms with E-state index in [1.807, 2.05) is 26.0 Å². The van der Waals surface area contributed by atoms with Gasteiger partial charge in [0.25, 0.3) is 0 Å². The zero-order chi connectivity index (χ0) is 16.6. The summed E-state index contributed by atoms with van der Waals surface area (Å²) in [4.78, 5) is 11.6. The number of nitrogens with one attached hydrogen (secondary N) is 1. The number of rotatable bonds is 3. The van der Waals surface area contributed by atoms with Gasteiger partial charge in [-0.3, -0.25) is 5.32 Å². The largest absolute Gasteiger partial charge is 0.438 e. The molecule has 0 saturated heterocycles. The number of anilines is 1. The van der Waals surface area contributed by atoms with Gasteiger partial charge in [0.05, 0.1) is 12.2 Å². The molecule has 118 valence electrons. The Balaban J connectivity index is 2.12. The molecule has 0 aliphatic carbocycles. The molecule has 0 atom stereocenters. The summed E-state index contributed by atoms with van der Waals surface area (Å²) in [5.74, 6) is 0. The Bertz CT molecular complexity index is 818. The molecule has 0 bridgehead atoms. The summed E-state index contributed by atoms with van der Waals surface area (Å²) in [5.41, 5.74) is 2.78. The van der Waals surface area contributed by atoms with E-state index in [9.17, 15) is 9.18 Å². The van der Waals surface area contributed by atoms with Crippen molar-refractivity contribution in [1.29, 1.82) is 5.26 Å². The molecule has 2 aromatic rings. The minimum Gasteiger partial charge on any atom is -0.438 e. The van der Waals surface area contributed by atoms with Gasteiger partial charge in [0.1, 0.15) is 24.0 Å². The Morgan fingerprint density at radius 2 is 2.13 bits per heavy atom. The molecule has 1 N–H and O–H groups in total. The lowest BCUT2D eigenvalue weighted by Crippen LogP contribution is -2.34. The molecule has 1 amide bonds. The molecular weight excluding hydrogens is 297 g/mol. The molecule has 3 rings (SSSR count). The Kier molecular flexibility index (Phi) is 3.57. The number of fused-ring (bicyclic) bond motifs is 1. The van der Waals surface area contributed by atoms with E-state index < -0.39 is 18.4 Å². The summed E-state index contributed by atoms with van der Waals surface area (Å²) in [7, 11) is 0. The second kappa shape index (κ2) is 5.43. The molecular formula is C17H16FN3O2. The fraction of sp³-hybridized carbons (Fsp3) is 0.294. The van der Waals surface area contributed by atoms with Crippen LogP contribution in [-0.2, 0) is 16.9 Å². The fourth-order valence-electron chi connectivity index (χ4n) is 2.88. The smallest absolute Gasteiger partial charge is 0.412 e. The van der Waals surface area contributed by atoms with Crippen molar-refractivity contribution in [1.82, 2.24) is 4.57 Å². The zero-order valence-electron chi connectivity index (χ0n) is 12.9. The summed E-state index contributed by atoms with van der Waals surface area (Å²) in [6.07, 6.45) is -0.483. The maximum absolute atomic E-state index is 12.8. The van der Waals surface area contributed by atoms with Crippen molar-refractivity contribution in [2.75, 3.05) is 12.0 Å². The standard InChI is InChI=1S/C17H16FN3O2/c1-17(2)13-9-11(3-5-14(13)20-16(22)23-17)15-6-4-12(10-19)21(15)8-7-18/h3-6,9H,7-8H2,1-2H3,(H,20,22). The van der Waals surface area contributed by atoms with Crippen molar-refractivity contribution in [3.63, 3.8) is 0 Å². The molecule has 6 heteroatoms. The van der Waals surface area contributed by atoms with E-state index in [0.717, 1.165) is 16.8 Å².